The number of carbonyl (C=O) groups excluding carboxylic acids is 1. The number of fused-ring (bicyclic) bond motifs is 1. The third-order valence-electron chi connectivity index (χ3n) is 4.30. The fourth-order valence-corrected chi connectivity index (χ4v) is 4.02. The van der Waals surface area contributed by atoms with Crippen LogP contribution in [0.15, 0.2) is 60.4 Å². The zero-order valence-corrected chi connectivity index (χ0v) is 16.5. The summed E-state index contributed by atoms with van der Waals surface area (Å²) in [4.78, 5) is 25.6. The predicted octanol–water partition coefficient (Wildman–Crippen LogP) is 4.77. The molecule has 1 amide bonds. The van der Waals surface area contributed by atoms with Crippen molar-refractivity contribution in [1.82, 2.24) is 20.3 Å². The van der Waals surface area contributed by atoms with E-state index in [0.29, 0.717) is 22.6 Å². The van der Waals surface area contributed by atoms with E-state index in [9.17, 15) is 4.79 Å². The first-order valence-electron chi connectivity index (χ1n) is 8.88. The van der Waals surface area contributed by atoms with E-state index in [-0.39, 0.29) is 5.91 Å². The van der Waals surface area contributed by atoms with Gasteiger partial charge in [-0.15, -0.1) is 11.3 Å². The number of halogens is 1. The highest BCUT2D eigenvalue weighted by Gasteiger charge is 2.12. The number of pyridine rings is 2. The maximum absolute atomic E-state index is 12.6. The summed E-state index contributed by atoms with van der Waals surface area (Å²) in [5.41, 5.74) is 3.18. The number of aromatic nitrogens is 3. The molecule has 7 heteroatoms. The molecule has 1 N–H and O–H groups in total. The van der Waals surface area contributed by atoms with E-state index in [4.69, 9.17) is 11.6 Å². The van der Waals surface area contributed by atoms with Gasteiger partial charge < -0.3 is 5.32 Å². The maximum atomic E-state index is 12.6. The lowest BCUT2D eigenvalue weighted by Crippen LogP contribution is -2.25. The van der Waals surface area contributed by atoms with Crippen molar-refractivity contribution in [1.29, 1.82) is 0 Å². The minimum atomic E-state index is -0.164. The molecule has 0 unspecified atom stereocenters. The molecule has 28 heavy (non-hydrogen) atoms. The highest BCUT2D eigenvalue weighted by atomic mass is 35.5. The molecule has 0 bridgehead atoms. The second-order valence-corrected chi connectivity index (χ2v) is 7.63. The second kappa shape index (κ2) is 8.46. The Morgan fingerprint density at radius 1 is 1.14 bits per heavy atom. The summed E-state index contributed by atoms with van der Waals surface area (Å²) in [6, 6.07) is 11.1. The lowest BCUT2D eigenvalue weighted by Gasteiger charge is -2.08. The predicted molar refractivity (Wildman–Crippen MR) is 113 cm³/mol. The Morgan fingerprint density at radius 2 is 2.00 bits per heavy atom. The van der Waals surface area contributed by atoms with Crippen molar-refractivity contribution < 1.29 is 4.79 Å². The molecule has 0 spiro atoms. The Labute approximate surface area is 171 Å². The minimum Gasteiger partial charge on any atom is -0.352 e. The summed E-state index contributed by atoms with van der Waals surface area (Å²) >= 11 is 7.78. The SMILES string of the molecule is O=C(NCCCc1nc(-c2ccncc2)cs1)c1cc(Cl)cc2cccnc12. The van der Waals surface area contributed by atoms with Gasteiger partial charge in [0.1, 0.15) is 0 Å². The molecule has 4 aromatic rings. The summed E-state index contributed by atoms with van der Waals surface area (Å²) in [5, 5.41) is 7.44. The quantitative estimate of drug-likeness (QED) is 0.466. The minimum absolute atomic E-state index is 0.164. The van der Waals surface area contributed by atoms with Crippen LogP contribution < -0.4 is 5.32 Å². The summed E-state index contributed by atoms with van der Waals surface area (Å²) in [6.07, 6.45) is 6.82. The standard InChI is InChI=1S/C21H17ClN4OS/c22-16-11-15-3-1-7-24-20(15)17(12-16)21(27)25-8-2-4-19-26-18(13-28-19)14-5-9-23-10-6-14/h1,3,5-7,9-13H,2,4,8H2,(H,25,27). The van der Waals surface area contributed by atoms with Crippen LogP contribution in [-0.2, 0) is 6.42 Å². The van der Waals surface area contributed by atoms with Gasteiger partial charge in [-0.05, 0) is 36.8 Å². The van der Waals surface area contributed by atoms with Gasteiger partial charge >= 0.3 is 0 Å². The van der Waals surface area contributed by atoms with E-state index in [0.717, 1.165) is 34.5 Å². The molecule has 0 aliphatic rings. The van der Waals surface area contributed by atoms with Gasteiger partial charge in [-0.25, -0.2) is 4.98 Å². The topological polar surface area (TPSA) is 67.8 Å². The van der Waals surface area contributed by atoms with Crippen LogP contribution in [0.5, 0.6) is 0 Å². The molecule has 0 saturated heterocycles. The average molecular weight is 409 g/mol. The molecule has 140 valence electrons. The second-order valence-electron chi connectivity index (χ2n) is 6.25. The molecule has 0 aliphatic carbocycles. The number of rotatable bonds is 6. The Hall–Kier alpha value is -2.83. The number of benzene rings is 1. The first kappa shape index (κ1) is 18.5. The van der Waals surface area contributed by atoms with Crippen LogP contribution in [0.3, 0.4) is 0 Å². The Morgan fingerprint density at radius 3 is 2.86 bits per heavy atom. The van der Waals surface area contributed by atoms with E-state index in [1.54, 1.807) is 36.0 Å². The van der Waals surface area contributed by atoms with Gasteiger partial charge in [0.25, 0.3) is 5.91 Å². The normalized spacial score (nSPS) is 10.9. The summed E-state index contributed by atoms with van der Waals surface area (Å²) in [6.45, 7) is 0.559. The van der Waals surface area contributed by atoms with Crippen LogP contribution in [0.25, 0.3) is 22.2 Å². The van der Waals surface area contributed by atoms with Crippen molar-refractivity contribution in [3.05, 3.63) is 76.0 Å². The van der Waals surface area contributed by atoms with Crippen molar-refractivity contribution in [2.24, 2.45) is 0 Å². The Bertz CT molecular complexity index is 1110. The molecular weight excluding hydrogens is 392 g/mol. The van der Waals surface area contributed by atoms with Gasteiger partial charge in [0, 0.05) is 52.9 Å². The van der Waals surface area contributed by atoms with E-state index in [1.165, 1.54) is 0 Å². The van der Waals surface area contributed by atoms with Crippen molar-refractivity contribution in [3.63, 3.8) is 0 Å². The number of nitrogens with one attached hydrogen (secondary N) is 1. The third-order valence-corrected chi connectivity index (χ3v) is 5.42. The lowest BCUT2D eigenvalue weighted by molar-refractivity contribution is 0.0954. The number of nitrogens with zero attached hydrogens (tertiary/aromatic N) is 3. The number of aryl methyl sites for hydroxylation is 1. The number of carbonyl (C=O) groups is 1. The Kier molecular flexibility index (Phi) is 5.60. The zero-order chi connectivity index (χ0) is 19.3. The summed E-state index contributed by atoms with van der Waals surface area (Å²) in [5.74, 6) is -0.164. The monoisotopic (exact) mass is 408 g/mol. The molecule has 0 atom stereocenters. The molecule has 4 rings (SSSR count). The highest BCUT2D eigenvalue weighted by Crippen LogP contribution is 2.23. The Balaban J connectivity index is 1.35. The molecular formula is C21H17ClN4OS. The smallest absolute Gasteiger partial charge is 0.253 e. The molecule has 5 nitrogen and oxygen atoms in total. The van der Waals surface area contributed by atoms with Gasteiger partial charge in [0.15, 0.2) is 0 Å². The average Bonchev–Trinajstić information content (AvgIpc) is 3.20. The molecule has 3 heterocycles. The molecule has 0 fully saturated rings. The molecule has 3 aromatic heterocycles. The van der Waals surface area contributed by atoms with Gasteiger partial charge in [-0.2, -0.15) is 0 Å². The number of hydrogen-bond acceptors (Lipinski definition) is 5. The van der Waals surface area contributed by atoms with Crippen LogP contribution in [-0.4, -0.2) is 27.4 Å². The van der Waals surface area contributed by atoms with Gasteiger partial charge in [0.2, 0.25) is 0 Å². The first-order valence-corrected chi connectivity index (χ1v) is 10.1. The summed E-state index contributed by atoms with van der Waals surface area (Å²) in [7, 11) is 0. The number of thiazole rings is 1. The van der Waals surface area contributed by atoms with Gasteiger partial charge in [-0.1, -0.05) is 17.7 Å². The van der Waals surface area contributed by atoms with Crippen molar-refractivity contribution in [2.45, 2.75) is 12.8 Å². The number of hydrogen-bond donors (Lipinski definition) is 1. The van der Waals surface area contributed by atoms with Crippen molar-refractivity contribution in [2.75, 3.05) is 6.54 Å². The fraction of sp³-hybridized carbons (Fsp3) is 0.143. The molecule has 1 aromatic carbocycles. The van der Waals surface area contributed by atoms with Crippen molar-refractivity contribution >= 4 is 39.7 Å². The van der Waals surface area contributed by atoms with E-state index in [1.807, 2.05) is 35.7 Å². The van der Waals surface area contributed by atoms with E-state index < -0.39 is 0 Å². The first-order chi connectivity index (χ1) is 13.7. The van der Waals surface area contributed by atoms with Crippen LogP contribution in [0, 0.1) is 0 Å². The molecule has 0 aliphatic heterocycles. The third kappa shape index (κ3) is 4.18. The van der Waals surface area contributed by atoms with E-state index in [2.05, 4.69) is 20.3 Å². The highest BCUT2D eigenvalue weighted by molar-refractivity contribution is 7.09. The van der Waals surface area contributed by atoms with E-state index >= 15 is 0 Å². The van der Waals surface area contributed by atoms with Crippen LogP contribution in [0.2, 0.25) is 5.02 Å². The largest absolute Gasteiger partial charge is 0.352 e. The van der Waals surface area contributed by atoms with Crippen LogP contribution in [0.4, 0.5) is 0 Å². The van der Waals surface area contributed by atoms with Crippen LogP contribution in [0.1, 0.15) is 21.8 Å². The fourth-order valence-electron chi connectivity index (χ4n) is 2.95. The zero-order valence-electron chi connectivity index (χ0n) is 14.9. The van der Waals surface area contributed by atoms with Crippen LogP contribution >= 0.6 is 22.9 Å². The number of amides is 1. The summed E-state index contributed by atoms with van der Waals surface area (Å²) < 4.78 is 0. The molecule has 0 saturated carbocycles. The molecule has 0 radical (unpaired) electrons. The maximum Gasteiger partial charge on any atom is 0.253 e. The van der Waals surface area contributed by atoms with Gasteiger partial charge in [-0.3, -0.25) is 14.8 Å². The lowest BCUT2D eigenvalue weighted by atomic mass is 10.1. The van der Waals surface area contributed by atoms with Crippen molar-refractivity contribution in [3.8, 4) is 11.3 Å². The van der Waals surface area contributed by atoms with Gasteiger partial charge in [0.05, 0.1) is 21.8 Å².